The summed E-state index contributed by atoms with van der Waals surface area (Å²) in [7, 11) is 1.69. The number of rotatable bonds is 2. The van der Waals surface area contributed by atoms with Gasteiger partial charge in [-0.15, -0.1) is 0 Å². The van der Waals surface area contributed by atoms with E-state index in [1.165, 1.54) is 5.69 Å². The van der Waals surface area contributed by atoms with Gasteiger partial charge >= 0.3 is 6.03 Å². The first kappa shape index (κ1) is 18.6. The van der Waals surface area contributed by atoms with Gasteiger partial charge in [0.05, 0.1) is 24.0 Å². The van der Waals surface area contributed by atoms with Gasteiger partial charge in [0.25, 0.3) is 0 Å². The van der Waals surface area contributed by atoms with Crippen LogP contribution in [0.4, 0.5) is 16.2 Å². The molecule has 30 heavy (non-hydrogen) atoms. The minimum atomic E-state index is -0.191. The van der Waals surface area contributed by atoms with E-state index in [9.17, 15) is 4.79 Å². The number of piperidine rings is 1. The molecular formula is C24H26N4O2. The average Bonchev–Trinajstić information content (AvgIpc) is 3.25. The van der Waals surface area contributed by atoms with E-state index < -0.39 is 0 Å². The number of carbonyl (C=O) groups excluding carboxylic acids is 1. The number of aromatic nitrogens is 1. The molecule has 0 atom stereocenters. The van der Waals surface area contributed by atoms with Crippen LogP contribution in [0.25, 0.3) is 5.69 Å². The lowest BCUT2D eigenvalue weighted by molar-refractivity contribution is 0.174. The van der Waals surface area contributed by atoms with Gasteiger partial charge in [0, 0.05) is 36.7 Å². The SMILES string of the molecule is COc1ccc2c(c1)NC1(CCN(C(=O)Nc3cccc(C)c3)CC1)c1cccn1-2. The van der Waals surface area contributed by atoms with Crippen LogP contribution in [0, 0.1) is 6.92 Å². The number of hydrogen-bond donors (Lipinski definition) is 2. The zero-order chi connectivity index (χ0) is 20.7. The predicted octanol–water partition coefficient (Wildman–Crippen LogP) is 4.74. The minimum absolute atomic E-state index is 0.0382. The Morgan fingerprint density at radius 3 is 2.70 bits per heavy atom. The molecule has 3 aromatic rings. The number of ether oxygens (including phenoxy) is 1. The highest BCUT2D eigenvalue weighted by molar-refractivity contribution is 5.89. The third-order valence-electron chi connectivity index (χ3n) is 6.25. The summed E-state index contributed by atoms with van der Waals surface area (Å²) in [5.41, 5.74) is 5.22. The lowest BCUT2D eigenvalue weighted by Crippen LogP contribution is -2.51. The second-order valence-electron chi connectivity index (χ2n) is 8.14. The molecule has 2 N–H and O–H groups in total. The molecule has 0 radical (unpaired) electrons. The molecule has 2 aromatic carbocycles. The van der Waals surface area contributed by atoms with Crippen molar-refractivity contribution >= 4 is 17.4 Å². The first-order chi connectivity index (χ1) is 14.6. The van der Waals surface area contributed by atoms with Crippen LogP contribution in [0.3, 0.4) is 0 Å². The van der Waals surface area contributed by atoms with Gasteiger partial charge in [0.2, 0.25) is 0 Å². The predicted molar refractivity (Wildman–Crippen MR) is 119 cm³/mol. The summed E-state index contributed by atoms with van der Waals surface area (Å²) in [6.45, 7) is 3.40. The van der Waals surface area contributed by atoms with Gasteiger partial charge in [-0.1, -0.05) is 12.1 Å². The summed E-state index contributed by atoms with van der Waals surface area (Å²) in [4.78, 5) is 14.7. The van der Waals surface area contributed by atoms with Crippen LogP contribution >= 0.6 is 0 Å². The number of urea groups is 1. The number of carbonyl (C=O) groups is 1. The summed E-state index contributed by atoms with van der Waals surface area (Å²) in [6, 6.07) is 18.3. The Kier molecular flexibility index (Phi) is 4.42. The fourth-order valence-electron chi connectivity index (χ4n) is 4.65. The number of aryl methyl sites for hydroxylation is 1. The average molecular weight is 402 g/mol. The molecular weight excluding hydrogens is 376 g/mol. The summed E-state index contributed by atoms with van der Waals surface area (Å²) < 4.78 is 7.69. The van der Waals surface area contributed by atoms with Crippen LogP contribution in [-0.4, -0.2) is 35.7 Å². The second kappa shape index (κ2) is 7.13. The van der Waals surface area contributed by atoms with Crippen molar-refractivity contribution < 1.29 is 9.53 Å². The van der Waals surface area contributed by atoms with Crippen LogP contribution in [0.5, 0.6) is 5.75 Å². The maximum absolute atomic E-state index is 12.8. The second-order valence-corrected chi connectivity index (χ2v) is 8.14. The highest BCUT2D eigenvalue weighted by atomic mass is 16.5. The van der Waals surface area contributed by atoms with Gasteiger partial charge in [-0.3, -0.25) is 0 Å². The third kappa shape index (κ3) is 3.09. The molecule has 2 amide bonds. The number of methoxy groups -OCH3 is 1. The number of fused-ring (bicyclic) bond motifs is 4. The molecule has 0 saturated carbocycles. The topological polar surface area (TPSA) is 58.5 Å². The number of anilines is 2. The normalized spacial score (nSPS) is 16.4. The van der Waals surface area contributed by atoms with E-state index in [4.69, 9.17) is 4.74 Å². The molecule has 2 aliphatic rings. The van der Waals surface area contributed by atoms with E-state index >= 15 is 0 Å². The van der Waals surface area contributed by atoms with Crippen molar-refractivity contribution in [1.82, 2.24) is 9.47 Å². The highest BCUT2D eigenvalue weighted by Crippen LogP contribution is 2.44. The number of amides is 2. The molecule has 6 heteroatoms. The molecule has 0 aliphatic carbocycles. The molecule has 1 spiro atoms. The number of benzene rings is 2. The Labute approximate surface area is 176 Å². The molecule has 3 heterocycles. The number of likely N-dealkylation sites (tertiary alicyclic amines) is 1. The first-order valence-electron chi connectivity index (χ1n) is 10.3. The van der Waals surface area contributed by atoms with Gasteiger partial charge in [-0.05, 0) is 61.7 Å². The standard InChI is InChI=1S/C24H26N4O2/c1-17-5-3-6-18(15-17)25-23(29)27-13-10-24(11-14-27)22-7-4-12-28(22)21-9-8-19(30-2)16-20(21)26-24/h3-9,12,15-16,26H,10-11,13-14H2,1-2H3,(H,25,29). The van der Waals surface area contributed by atoms with Gasteiger partial charge < -0.3 is 24.8 Å². The lowest BCUT2D eigenvalue weighted by atomic mass is 9.82. The van der Waals surface area contributed by atoms with E-state index in [0.717, 1.165) is 41.2 Å². The molecule has 1 saturated heterocycles. The molecule has 0 unspecified atom stereocenters. The Balaban J connectivity index is 1.36. The van der Waals surface area contributed by atoms with Crippen molar-refractivity contribution in [2.24, 2.45) is 0 Å². The van der Waals surface area contributed by atoms with Crippen molar-refractivity contribution in [2.75, 3.05) is 30.8 Å². The van der Waals surface area contributed by atoms with E-state index in [-0.39, 0.29) is 11.6 Å². The van der Waals surface area contributed by atoms with E-state index in [1.54, 1.807) is 7.11 Å². The largest absolute Gasteiger partial charge is 0.497 e. The van der Waals surface area contributed by atoms with E-state index in [0.29, 0.717) is 13.1 Å². The van der Waals surface area contributed by atoms with Crippen LogP contribution < -0.4 is 15.4 Å². The molecule has 154 valence electrons. The summed E-state index contributed by atoms with van der Waals surface area (Å²) in [5, 5.41) is 6.82. The van der Waals surface area contributed by atoms with Crippen molar-refractivity contribution in [3.05, 3.63) is 72.1 Å². The van der Waals surface area contributed by atoms with Crippen LogP contribution in [0.1, 0.15) is 24.1 Å². The summed E-state index contributed by atoms with van der Waals surface area (Å²) in [5.74, 6) is 0.835. The zero-order valence-corrected chi connectivity index (χ0v) is 17.3. The van der Waals surface area contributed by atoms with Crippen LogP contribution in [0.15, 0.2) is 60.8 Å². The van der Waals surface area contributed by atoms with Gasteiger partial charge in [0.1, 0.15) is 5.75 Å². The molecule has 2 aliphatic heterocycles. The fraction of sp³-hybridized carbons (Fsp3) is 0.292. The Bertz CT molecular complexity index is 1100. The van der Waals surface area contributed by atoms with Crippen molar-refractivity contribution in [2.45, 2.75) is 25.3 Å². The summed E-state index contributed by atoms with van der Waals surface area (Å²) >= 11 is 0. The Morgan fingerprint density at radius 1 is 1.10 bits per heavy atom. The summed E-state index contributed by atoms with van der Waals surface area (Å²) in [6.07, 6.45) is 3.80. The highest BCUT2D eigenvalue weighted by Gasteiger charge is 2.42. The molecule has 6 nitrogen and oxygen atoms in total. The molecule has 0 bridgehead atoms. The smallest absolute Gasteiger partial charge is 0.321 e. The lowest BCUT2D eigenvalue weighted by Gasteiger charge is -2.46. The van der Waals surface area contributed by atoms with Crippen LogP contribution in [-0.2, 0) is 5.54 Å². The van der Waals surface area contributed by atoms with Crippen LogP contribution in [0.2, 0.25) is 0 Å². The van der Waals surface area contributed by atoms with E-state index in [1.807, 2.05) is 42.2 Å². The molecule has 5 rings (SSSR count). The number of hydrogen-bond acceptors (Lipinski definition) is 3. The Morgan fingerprint density at radius 2 is 1.93 bits per heavy atom. The van der Waals surface area contributed by atoms with Crippen molar-refractivity contribution in [3.63, 3.8) is 0 Å². The van der Waals surface area contributed by atoms with Gasteiger partial charge in [-0.2, -0.15) is 0 Å². The van der Waals surface area contributed by atoms with Gasteiger partial charge in [0.15, 0.2) is 0 Å². The minimum Gasteiger partial charge on any atom is -0.497 e. The molecule has 1 aromatic heterocycles. The zero-order valence-electron chi connectivity index (χ0n) is 17.3. The van der Waals surface area contributed by atoms with Crippen molar-refractivity contribution in [1.29, 1.82) is 0 Å². The monoisotopic (exact) mass is 402 g/mol. The fourth-order valence-corrected chi connectivity index (χ4v) is 4.65. The Hall–Kier alpha value is -3.41. The number of nitrogens with one attached hydrogen (secondary N) is 2. The first-order valence-corrected chi connectivity index (χ1v) is 10.3. The maximum Gasteiger partial charge on any atom is 0.321 e. The quantitative estimate of drug-likeness (QED) is 0.651. The number of nitrogens with zero attached hydrogens (tertiary/aromatic N) is 2. The molecule has 1 fully saturated rings. The van der Waals surface area contributed by atoms with Gasteiger partial charge in [-0.25, -0.2) is 4.79 Å². The maximum atomic E-state index is 12.8. The van der Waals surface area contributed by atoms with Crippen molar-refractivity contribution in [3.8, 4) is 11.4 Å². The third-order valence-corrected chi connectivity index (χ3v) is 6.25. The van der Waals surface area contributed by atoms with E-state index in [2.05, 4.69) is 45.7 Å².